The number of unbranched alkanes of at least 4 members (excludes halogenated alkanes) is 18. The van der Waals surface area contributed by atoms with E-state index in [9.17, 15) is 23.8 Å². The number of hydrogen-bond acceptors (Lipinski definition) is 9. The van der Waals surface area contributed by atoms with E-state index in [1.807, 2.05) is 0 Å². The highest BCUT2D eigenvalue weighted by Gasteiger charge is 2.28. The predicted molar refractivity (Wildman–Crippen MR) is 254 cm³/mol. The third-order valence-corrected chi connectivity index (χ3v) is 10.9. The summed E-state index contributed by atoms with van der Waals surface area (Å²) >= 11 is 0. The summed E-state index contributed by atoms with van der Waals surface area (Å²) in [6.07, 6.45) is 53.9. The van der Waals surface area contributed by atoms with Gasteiger partial charge in [0.15, 0.2) is 6.10 Å². The molecule has 0 saturated heterocycles. The van der Waals surface area contributed by atoms with E-state index < -0.39 is 51.1 Å². The molecule has 1 unspecified atom stereocenters. The molecule has 0 bridgehead atoms. The Morgan fingerprint density at radius 2 is 0.903 bits per heavy atom. The van der Waals surface area contributed by atoms with Crippen molar-refractivity contribution in [1.29, 1.82) is 0 Å². The molecule has 3 atom stereocenters. The van der Waals surface area contributed by atoms with Gasteiger partial charge < -0.3 is 25.2 Å². The third-order valence-electron chi connectivity index (χ3n) is 9.94. The van der Waals surface area contributed by atoms with E-state index in [0.29, 0.717) is 12.8 Å². The second kappa shape index (κ2) is 44.5. The number of aliphatic carboxylic acids is 1. The zero-order valence-corrected chi connectivity index (χ0v) is 39.6. The van der Waals surface area contributed by atoms with Gasteiger partial charge >= 0.3 is 25.7 Å². The molecule has 4 N–H and O–H groups in total. The molecule has 0 saturated carbocycles. The minimum Gasteiger partial charge on any atom is -0.480 e. The number of phosphoric acid groups is 1. The molecule has 12 heteroatoms. The average molecular weight is 892 g/mol. The van der Waals surface area contributed by atoms with Gasteiger partial charge in [-0.1, -0.05) is 170 Å². The predicted octanol–water partition coefficient (Wildman–Crippen LogP) is 13.3. The number of carboxylic acids is 1. The van der Waals surface area contributed by atoms with Crippen LogP contribution in [0, 0.1) is 0 Å². The molecule has 62 heavy (non-hydrogen) atoms. The first kappa shape index (κ1) is 58.9. The van der Waals surface area contributed by atoms with E-state index in [0.717, 1.165) is 70.6 Å². The fraction of sp³-hybridized carbons (Fsp3) is 0.700. The Morgan fingerprint density at radius 1 is 0.516 bits per heavy atom. The van der Waals surface area contributed by atoms with Gasteiger partial charge in [0.05, 0.1) is 13.2 Å². The van der Waals surface area contributed by atoms with Crippen molar-refractivity contribution in [3.8, 4) is 0 Å². The van der Waals surface area contributed by atoms with Crippen LogP contribution in [0.1, 0.15) is 194 Å². The molecule has 0 rings (SSSR count). The molecule has 0 aromatic rings. The average Bonchev–Trinajstić information content (AvgIpc) is 3.25. The van der Waals surface area contributed by atoms with Crippen LogP contribution in [-0.2, 0) is 37.5 Å². The number of phosphoric ester groups is 1. The molecule has 356 valence electrons. The fourth-order valence-electron chi connectivity index (χ4n) is 6.20. The highest BCUT2D eigenvalue weighted by atomic mass is 31.2. The summed E-state index contributed by atoms with van der Waals surface area (Å²) in [4.78, 5) is 46.1. The summed E-state index contributed by atoms with van der Waals surface area (Å²) in [5.74, 6) is -2.43. The van der Waals surface area contributed by atoms with Gasteiger partial charge in [0, 0.05) is 12.8 Å². The molecule has 0 radical (unpaired) electrons. The van der Waals surface area contributed by atoms with Gasteiger partial charge in [-0.25, -0.2) is 4.57 Å². The third kappa shape index (κ3) is 43.6. The topological polar surface area (TPSA) is 172 Å². The van der Waals surface area contributed by atoms with Crippen molar-refractivity contribution in [2.75, 3.05) is 19.8 Å². The number of carboxylic acid groups (broad SMARTS) is 1. The van der Waals surface area contributed by atoms with E-state index in [-0.39, 0.29) is 19.4 Å². The molecule has 0 heterocycles. The molecule has 0 aliphatic heterocycles. The molecule has 0 aromatic heterocycles. The maximum Gasteiger partial charge on any atom is 0.472 e. The van der Waals surface area contributed by atoms with Crippen molar-refractivity contribution < 1.29 is 47.5 Å². The van der Waals surface area contributed by atoms with Gasteiger partial charge in [0.1, 0.15) is 12.6 Å². The number of hydrogen-bond donors (Lipinski definition) is 3. The lowest BCUT2D eigenvalue weighted by molar-refractivity contribution is -0.161. The van der Waals surface area contributed by atoms with Gasteiger partial charge in [0.25, 0.3) is 0 Å². The normalized spacial score (nSPS) is 14.3. The van der Waals surface area contributed by atoms with Crippen molar-refractivity contribution in [1.82, 2.24) is 0 Å². The number of carbonyl (C=O) groups excluding carboxylic acids is 2. The van der Waals surface area contributed by atoms with Gasteiger partial charge in [0.2, 0.25) is 0 Å². The zero-order valence-electron chi connectivity index (χ0n) is 38.7. The number of ether oxygens (including phenoxy) is 2. The van der Waals surface area contributed by atoms with Crippen molar-refractivity contribution >= 4 is 25.7 Å². The van der Waals surface area contributed by atoms with Crippen LogP contribution in [0.2, 0.25) is 0 Å². The first-order valence-electron chi connectivity index (χ1n) is 24.0. The maximum atomic E-state index is 12.7. The van der Waals surface area contributed by atoms with E-state index in [2.05, 4.69) is 91.3 Å². The molecule has 0 aromatic carbocycles. The minimum atomic E-state index is -4.73. The lowest BCUT2D eigenvalue weighted by Crippen LogP contribution is -2.34. The van der Waals surface area contributed by atoms with Gasteiger partial charge in [-0.2, -0.15) is 0 Å². The lowest BCUT2D eigenvalue weighted by atomic mass is 10.1. The minimum absolute atomic E-state index is 0.119. The largest absolute Gasteiger partial charge is 0.480 e. The second-order valence-electron chi connectivity index (χ2n) is 15.9. The quantitative estimate of drug-likeness (QED) is 0.0230. The highest BCUT2D eigenvalue weighted by Crippen LogP contribution is 2.43. The molecular formula is C50H86NO10P. The number of nitrogens with two attached hydrogens (primary N) is 1. The Balaban J connectivity index is 4.37. The Kier molecular flexibility index (Phi) is 42.3. The Hall–Kier alpha value is -3.08. The van der Waals surface area contributed by atoms with Crippen LogP contribution in [0.4, 0.5) is 0 Å². The van der Waals surface area contributed by atoms with E-state index in [1.165, 1.54) is 83.5 Å². The van der Waals surface area contributed by atoms with Crippen molar-refractivity contribution in [2.24, 2.45) is 5.73 Å². The van der Waals surface area contributed by atoms with Crippen LogP contribution in [0.3, 0.4) is 0 Å². The molecule has 0 amide bonds. The summed E-state index contributed by atoms with van der Waals surface area (Å²) in [5, 5.41) is 8.91. The van der Waals surface area contributed by atoms with Gasteiger partial charge in [-0.05, 0) is 83.5 Å². The first-order chi connectivity index (χ1) is 30.1. The number of allylic oxidation sites excluding steroid dienone is 12. The lowest BCUT2D eigenvalue weighted by Gasteiger charge is -2.20. The van der Waals surface area contributed by atoms with Crippen molar-refractivity contribution in [3.05, 3.63) is 72.9 Å². The number of rotatable bonds is 44. The van der Waals surface area contributed by atoms with Crippen LogP contribution < -0.4 is 5.73 Å². The van der Waals surface area contributed by atoms with Crippen molar-refractivity contribution in [2.45, 2.75) is 206 Å². The summed E-state index contributed by atoms with van der Waals surface area (Å²) in [7, 11) is -4.73. The number of carbonyl (C=O) groups is 3. The Bertz CT molecular complexity index is 1320. The molecule has 0 spiro atoms. The SMILES string of the molecule is CC/C=C/C/C=C/C/C=C/C/C=C/C/C=C/CCCCCC(=O)O[C@H](COC(=O)CCCCCCCCCCC/C=C/CCCCCCCC)COP(=O)(O)OC[C@H](N)C(=O)O. The van der Waals surface area contributed by atoms with Gasteiger partial charge in [-0.3, -0.25) is 23.4 Å². The second-order valence-corrected chi connectivity index (χ2v) is 17.3. The molecule has 0 aliphatic carbocycles. The van der Waals surface area contributed by atoms with E-state index in [4.69, 9.17) is 24.8 Å². The Morgan fingerprint density at radius 3 is 1.39 bits per heavy atom. The summed E-state index contributed by atoms with van der Waals surface area (Å²) in [6.45, 7) is 2.66. The monoisotopic (exact) mass is 892 g/mol. The van der Waals surface area contributed by atoms with E-state index >= 15 is 0 Å². The smallest absolute Gasteiger partial charge is 0.472 e. The molecule has 0 fully saturated rings. The van der Waals surface area contributed by atoms with Crippen LogP contribution in [-0.4, -0.2) is 59.9 Å². The van der Waals surface area contributed by atoms with E-state index in [1.54, 1.807) is 0 Å². The van der Waals surface area contributed by atoms with Crippen LogP contribution in [0.25, 0.3) is 0 Å². The summed E-state index contributed by atoms with van der Waals surface area (Å²) in [6, 6.07) is -1.53. The fourth-order valence-corrected chi connectivity index (χ4v) is 6.98. The summed E-state index contributed by atoms with van der Waals surface area (Å²) < 4.78 is 32.8. The van der Waals surface area contributed by atoms with Crippen LogP contribution in [0.5, 0.6) is 0 Å². The standard InChI is InChI=1S/C50H86NO10P/c1-3-5-7-9-11-13-15-17-19-21-23-25-27-29-31-33-35-37-39-41-48(52)58-43-46(44-59-62(56,57)60-45-47(51)50(54)55)61-49(53)42-40-38-36-34-32-30-28-26-24-22-20-18-16-14-12-10-8-6-4-2/h6,8,12,14,17-20,24,26,30,32,46-47H,3-5,7,9-11,13,15-16,21-23,25,27-29,31,33-45,51H2,1-2H3,(H,54,55)(H,56,57)/b8-6+,14-12+,19-17+,20-18+,26-24+,32-30+/t46-,47+/m1/s1. The molecule has 0 aliphatic rings. The Labute approximate surface area is 376 Å². The zero-order chi connectivity index (χ0) is 45.6. The van der Waals surface area contributed by atoms with Gasteiger partial charge in [-0.15, -0.1) is 0 Å². The first-order valence-corrected chi connectivity index (χ1v) is 25.5. The maximum absolute atomic E-state index is 12.7. The summed E-state index contributed by atoms with van der Waals surface area (Å²) in [5.41, 5.74) is 5.34. The highest BCUT2D eigenvalue weighted by molar-refractivity contribution is 7.47. The molecular weight excluding hydrogens is 806 g/mol. The number of esters is 2. The molecule has 11 nitrogen and oxygen atoms in total. The van der Waals surface area contributed by atoms with Crippen LogP contribution in [0.15, 0.2) is 72.9 Å². The van der Waals surface area contributed by atoms with Crippen molar-refractivity contribution in [3.63, 3.8) is 0 Å². The van der Waals surface area contributed by atoms with Crippen LogP contribution >= 0.6 is 7.82 Å².